The van der Waals surface area contributed by atoms with E-state index in [4.69, 9.17) is 0 Å². The van der Waals surface area contributed by atoms with Gasteiger partial charge in [-0.25, -0.2) is 4.79 Å². The van der Waals surface area contributed by atoms with Crippen LogP contribution in [0, 0.1) is 0 Å². The number of carbonyl (C=O) groups is 1. The molecule has 0 aliphatic heterocycles. The molecule has 1 aromatic heterocycles. The van der Waals surface area contributed by atoms with Crippen molar-refractivity contribution in [1.29, 1.82) is 0 Å². The summed E-state index contributed by atoms with van der Waals surface area (Å²) in [5, 5.41) is 2.50. The zero-order valence-electron chi connectivity index (χ0n) is 12.7. The van der Waals surface area contributed by atoms with Crippen molar-refractivity contribution in [3.05, 3.63) is 87.1 Å². The van der Waals surface area contributed by atoms with Gasteiger partial charge < -0.3 is 5.32 Å². The van der Waals surface area contributed by atoms with E-state index in [2.05, 4.69) is 10.3 Å². The maximum atomic E-state index is 12.0. The maximum Gasteiger partial charge on any atom is 0.327 e. The molecule has 3 rings (SSSR count). The summed E-state index contributed by atoms with van der Waals surface area (Å²) in [6.45, 7) is 0. The van der Waals surface area contributed by atoms with Crippen molar-refractivity contribution in [2.45, 2.75) is 6.42 Å². The molecule has 2 aromatic carbocycles. The highest BCUT2D eigenvalue weighted by Crippen LogP contribution is 2.19. The van der Waals surface area contributed by atoms with E-state index in [0.717, 1.165) is 22.8 Å². The summed E-state index contributed by atoms with van der Waals surface area (Å²) >= 11 is 0. The van der Waals surface area contributed by atoms with Crippen molar-refractivity contribution < 1.29 is 4.79 Å². The van der Waals surface area contributed by atoms with Gasteiger partial charge in [-0.05, 0) is 16.7 Å². The molecule has 3 aromatic rings. The third-order valence-corrected chi connectivity index (χ3v) is 3.46. The summed E-state index contributed by atoms with van der Waals surface area (Å²) in [5.41, 5.74) is 1.78. The van der Waals surface area contributed by atoms with Gasteiger partial charge in [0.15, 0.2) is 0 Å². The minimum Gasteiger partial charge on any atom is -0.312 e. The molecule has 3 N–H and O–H groups in total. The summed E-state index contributed by atoms with van der Waals surface area (Å²) < 4.78 is 0. The van der Waals surface area contributed by atoms with E-state index < -0.39 is 11.2 Å². The van der Waals surface area contributed by atoms with Gasteiger partial charge in [-0.1, -0.05) is 54.6 Å². The second-order valence-corrected chi connectivity index (χ2v) is 5.29. The van der Waals surface area contributed by atoms with Crippen LogP contribution in [0.3, 0.4) is 0 Å². The van der Waals surface area contributed by atoms with Crippen molar-refractivity contribution in [3.8, 4) is 11.1 Å². The standard InChI is InChI=1S/C18H15N3O3/c22-16(19-15-11-17(23)21-18(24)20-15)10-12-6-8-14(9-7-12)13-4-2-1-3-5-13/h1-9,11H,10H2,(H3,19,20,21,22,23,24). The number of hydrogen-bond donors (Lipinski definition) is 3. The molecule has 0 aliphatic carbocycles. The number of amides is 1. The van der Waals surface area contributed by atoms with Crippen LogP contribution in [-0.2, 0) is 11.2 Å². The number of aromatic amines is 2. The fourth-order valence-electron chi connectivity index (χ4n) is 2.36. The first-order valence-electron chi connectivity index (χ1n) is 7.38. The van der Waals surface area contributed by atoms with Crippen LogP contribution in [0.5, 0.6) is 0 Å². The number of anilines is 1. The van der Waals surface area contributed by atoms with E-state index >= 15 is 0 Å². The Bertz CT molecular complexity index is 929. The molecule has 6 nitrogen and oxygen atoms in total. The summed E-state index contributed by atoms with van der Waals surface area (Å²) in [5.74, 6) is -0.238. The lowest BCUT2D eigenvalue weighted by atomic mass is 10.0. The molecule has 0 radical (unpaired) electrons. The molecule has 0 bridgehead atoms. The summed E-state index contributed by atoms with van der Waals surface area (Å²) in [4.78, 5) is 38.8. The topological polar surface area (TPSA) is 94.8 Å². The molecule has 0 aliphatic rings. The zero-order valence-corrected chi connectivity index (χ0v) is 12.7. The van der Waals surface area contributed by atoms with Crippen molar-refractivity contribution in [2.24, 2.45) is 0 Å². The van der Waals surface area contributed by atoms with Crippen LogP contribution in [0.15, 0.2) is 70.3 Å². The van der Waals surface area contributed by atoms with Crippen molar-refractivity contribution in [1.82, 2.24) is 9.97 Å². The molecule has 0 spiro atoms. The van der Waals surface area contributed by atoms with Crippen LogP contribution < -0.4 is 16.6 Å². The van der Waals surface area contributed by atoms with Crippen LogP contribution in [0.2, 0.25) is 0 Å². The minimum absolute atomic E-state index is 0.0784. The van der Waals surface area contributed by atoms with Crippen LogP contribution in [0.4, 0.5) is 5.82 Å². The van der Waals surface area contributed by atoms with Crippen LogP contribution in [0.25, 0.3) is 11.1 Å². The quantitative estimate of drug-likeness (QED) is 0.685. The maximum absolute atomic E-state index is 12.0. The lowest BCUT2D eigenvalue weighted by Crippen LogP contribution is -2.25. The van der Waals surface area contributed by atoms with Crippen molar-refractivity contribution in [2.75, 3.05) is 5.32 Å². The number of hydrogen-bond acceptors (Lipinski definition) is 3. The Kier molecular flexibility index (Phi) is 4.38. The lowest BCUT2D eigenvalue weighted by Gasteiger charge is -2.06. The van der Waals surface area contributed by atoms with E-state index in [1.165, 1.54) is 0 Å². The molecule has 0 fully saturated rings. The van der Waals surface area contributed by atoms with Crippen LogP contribution in [0.1, 0.15) is 5.56 Å². The fourth-order valence-corrected chi connectivity index (χ4v) is 2.36. The smallest absolute Gasteiger partial charge is 0.312 e. The van der Waals surface area contributed by atoms with Crippen LogP contribution >= 0.6 is 0 Å². The average molecular weight is 321 g/mol. The first kappa shape index (κ1) is 15.5. The Morgan fingerprint density at radius 2 is 1.54 bits per heavy atom. The molecule has 0 atom stereocenters. The molecule has 0 saturated heterocycles. The highest BCUT2D eigenvalue weighted by atomic mass is 16.2. The van der Waals surface area contributed by atoms with Gasteiger partial charge in [0.1, 0.15) is 5.82 Å². The van der Waals surface area contributed by atoms with E-state index in [1.807, 2.05) is 59.6 Å². The van der Waals surface area contributed by atoms with Crippen molar-refractivity contribution in [3.63, 3.8) is 0 Å². The van der Waals surface area contributed by atoms with E-state index in [1.54, 1.807) is 0 Å². The third kappa shape index (κ3) is 3.86. The monoisotopic (exact) mass is 321 g/mol. The van der Waals surface area contributed by atoms with Gasteiger partial charge >= 0.3 is 5.69 Å². The average Bonchev–Trinajstić information content (AvgIpc) is 2.55. The Morgan fingerprint density at radius 1 is 0.875 bits per heavy atom. The van der Waals surface area contributed by atoms with E-state index in [9.17, 15) is 14.4 Å². The van der Waals surface area contributed by atoms with Gasteiger partial charge in [0, 0.05) is 6.07 Å². The first-order valence-corrected chi connectivity index (χ1v) is 7.38. The summed E-state index contributed by atoms with van der Waals surface area (Å²) in [7, 11) is 0. The van der Waals surface area contributed by atoms with Gasteiger partial charge in [0.05, 0.1) is 6.42 Å². The molecule has 120 valence electrons. The molecule has 1 heterocycles. The first-order chi connectivity index (χ1) is 11.6. The van der Waals surface area contributed by atoms with E-state index in [0.29, 0.717) is 0 Å². The minimum atomic E-state index is -0.662. The number of rotatable bonds is 4. The molecule has 0 saturated carbocycles. The number of H-pyrrole nitrogens is 2. The predicted molar refractivity (Wildman–Crippen MR) is 91.9 cm³/mol. The van der Waals surface area contributed by atoms with Gasteiger partial charge in [-0.2, -0.15) is 0 Å². The molecular formula is C18H15N3O3. The fraction of sp³-hybridized carbons (Fsp3) is 0.0556. The second kappa shape index (κ2) is 6.78. The normalized spacial score (nSPS) is 10.3. The highest BCUT2D eigenvalue weighted by Gasteiger charge is 2.06. The Balaban J connectivity index is 1.68. The van der Waals surface area contributed by atoms with Gasteiger partial charge in [-0.3, -0.25) is 19.6 Å². The molecule has 24 heavy (non-hydrogen) atoms. The Morgan fingerprint density at radius 3 is 2.21 bits per heavy atom. The molecular weight excluding hydrogens is 306 g/mol. The van der Waals surface area contributed by atoms with Gasteiger partial charge in [0.2, 0.25) is 5.91 Å². The summed E-state index contributed by atoms with van der Waals surface area (Å²) in [6.07, 6.45) is 0.143. The number of carbonyl (C=O) groups excluding carboxylic acids is 1. The lowest BCUT2D eigenvalue weighted by molar-refractivity contribution is -0.115. The third-order valence-electron chi connectivity index (χ3n) is 3.46. The summed E-state index contributed by atoms with van der Waals surface area (Å²) in [6, 6.07) is 18.7. The molecule has 0 unspecified atom stereocenters. The molecule has 6 heteroatoms. The van der Waals surface area contributed by atoms with Crippen molar-refractivity contribution >= 4 is 11.7 Å². The van der Waals surface area contributed by atoms with Gasteiger partial charge in [0.25, 0.3) is 5.56 Å². The Labute approximate surface area is 137 Å². The van der Waals surface area contributed by atoms with E-state index in [-0.39, 0.29) is 18.1 Å². The number of aromatic nitrogens is 2. The van der Waals surface area contributed by atoms with Crippen LogP contribution in [-0.4, -0.2) is 15.9 Å². The SMILES string of the molecule is O=C(Cc1ccc(-c2ccccc2)cc1)Nc1cc(=O)[nH]c(=O)[nH]1. The highest BCUT2D eigenvalue weighted by molar-refractivity contribution is 5.91. The second-order valence-electron chi connectivity index (χ2n) is 5.29. The Hall–Kier alpha value is -3.41. The molecule has 1 amide bonds. The predicted octanol–water partition coefficient (Wildman–Crippen LogP) is 1.91. The zero-order chi connectivity index (χ0) is 16.9. The largest absolute Gasteiger partial charge is 0.327 e. The number of nitrogens with one attached hydrogen (secondary N) is 3. The van der Waals surface area contributed by atoms with Gasteiger partial charge in [-0.15, -0.1) is 0 Å². The number of benzene rings is 2.